The van der Waals surface area contributed by atoms with Gasteiger partial charge in [0.1, 0.15) is 0 Å². The Hall–Kier alpha value is -1.30. The predicted molar refractivity (Wildman–Crippen MR) is 62.5 cm³/mol. The van der Waals surface area contributed by atoms with Crippen molar-refractivity contribution in [1.82, 2.24) is 5.32 Å². The molecule has 0 radical (unpaired) electrons. The number of benzene rings is 1. The van der Waals surface area contributed by atoms with E-state index in [0.717, 1.165) is 31.5 Å². The van der Waals surface area contributed by atoms with Gasteiger partial charge in [0.05, 0.1) is 11.7 Å². The summed E-state index contributed by atoms with van der Waals surface area (Å²) < 4.78 is 55.9. The molecule has 1 fully saturated rings. The number of hydrogen-bond acceptors (Lipinski definition) is 2. The Kier molecular flexibility index (Phi) is 3.99. The summed E-state index contributed by atoms with van der Waals surface area (Å²) in [5.74, 6) is -0.583. The first-order valence-electron chi connectivity index (χ1n) is 6.08. The Bertz CT molecular complexity index is 441. The summed E-state index contributed by atoms with van der Waals surface area (Å²) in [7, 11) is 1.85. The zero-order valence-corrected chi connectivity index (χ0v) is 10.4. The first-order valence-corrected chi connectivity index (χ1v) is 6.08. The summed E-state index contributed by atoms with van der Waals surface area (Å²) in [6.45, 7) is 0.870. The number of hydrogen-bond donors (Lipinski definition) is 1. The summed E-state index contributed by atoms with van der Waals surface area (Å²) in [6.07, 6.45) is -3.05. The summed E-state index contributed by atoms with van der Waals surface area (Å²) >= 11 is 0. The third kappa shape index (κ3) is 3.37. The zero-order chi connectivity index (χ0) is 14.0. The van der Waals surface area contributed by atoms with Crippen LogP contribution in [-0.2, 0) is 6.18 Å². The van der Waals surface area contributed by atoms with Gasteiger partial charge in [0.15, 0.2) is 11.6 Å². The van der Waals surface area contributed by atoms with Crippen molar-refractivity contribution in [2.45, 2.75) is 25.1 Å². The number of nitrogens with one attached hydrogen (secondary N) is 1. The number of halogens is 4. The highest BCUT2D eigenvalue weighted by molar-refractivity contribution is 5.31. The second-order valence-corrected chi connectivity index (χ2v) is 4.78. The first kappa shape index (κ1) is 14.1. The van der Waals surface area contributed by atoms with Crippen LogP contribution in [0.5, 0.6) is 5.75 Å². The third-order valence-electron chi connectivity index (χ3n) is 3.24. The molecule has 1 aliphatic carbocycles. The maximum atomic E-state index is 13.5. The van der Waals surface area contributed by atoms with E-state index in [2.05, 4.69) is 5.32 Å². The zero-order valence-electron chi connectivity index (χ0n) is 10.4. The van der Waals surface area contributed by atoms with Gasteiger partial charge in [-0.15, -0.1) is 0 Å². The monoisotopic (exact) mass is 277 g/mol. The fraction of sp³-hybridized carbons (Fsp3) is 0.538. The Morgan fingerprint density at radius 3 is 2.53 bits per heavy atom. The molecule has 0 saturated heterocycles. The lowest BCUT2D eigenvalue weighted by molar-refractivity contribution is -0.137. The molecule has 0 bridgehead atoms. The molecule has 0 aromatic heterocycles. The van der Waals surface area contributed by atoms with E-state index in [9.17, 15) is 17.6 Å². The summed E-state index contributed by atoms with van der Waals surface area (Å²) in [5, 5.41) is 3.03. The van der Waals surface area contributed by atoms with E-state index in [4.69, 9.17) is 4.74 Å². The van der Waals surface area contributed by atoms with Gasteiger partial charge in [-0.1, -0.05) is 0 Å². The topological polar surface area (TPSA) is 21.3 Å². The van der Waals surface area contributed by atoms with E-state index in [1.165, 1.54) is 0 Å². The molecule has 1 N–H and O–H groups in total. The van der Waals surface area contributed by atoms with Gasteiger partial charge in [-0.05, 0) is 50.6 Å². The van der Waals surface area contributed by atoms with Crippen LogP contribution in [0.3, 0.4) is 0 Å². The SMILES string of the molecule is CNCC1CC(Oc2ccc(C(F)(F)F)cc2F)C1. The molecule has 2 rings (SSSR count). The van der Waals surface area contributed by atoms with Gasteiger partial charge in [-0.25, -0.2) is 4.39 Å². The third-order valence-corrected chi connectivity index (χ3v) is 3.24. The van der Waals surface area contributed by atoms with Crippen molar-refractivity contribution in [2.75, 3.05) is 13.6 Å². The lowest BCUT2D eigenvalue weighted by atomic mass is 9.82. The van der Waals surface area contributed by atoms with Gasteiger partial charge < -0.3 is 10.1 Å². The van der Waals surface area contributed by atoms with Gasteiger partial charge in [0, 0.05) is 0 Å². The quantitative estimate of drug-likeness (QED) is 0.853. The maximum Gasteiger partial charge on any atom is 0.416 e. The van der Waals surface area contributed by atoms with Crippen molar-refractivity contribution in [3.05, 3.63) is 29.6 Å². The minimum Gasteiger partial charge on any atom is -0.487 e. The van der Waals surface area contributed by atoms with Gasteiger partial charge in [-0.2, -0.15) is 13.2 Å². The Labute approximate surface area is 108 Å². The Morgan fingerprint density at radius 1 is 1.32 bits per heavy atom. The molecule has 0 amide bonds. The van der Waals surface area contributed by atoms with Gasteiger partial charge in [-0.3, -0.25) is 0 Å². The summed E-state index contributed by atoms with van der Waals surface area (Å²) in [5.41, 5.74) is -1.00. The molecule has 1 aromatic carbocycles. The molecule has 0 heterocycles. The molecule has 0 spiro atoms. The highest BCUT2D eigenvalue weighted by Gasteiger charge is 2.33. The fourth-order valence-corrected chi connectivity index (χ4v) is 2.18. The first-order chi connectivity index (χ1) is 8.90. The van der Waals surface area contributed by atoms with Gasteiger partial charge >= 0.3 is 6.18 Å². The highest BCUT2D eigenvalue weighted by atomic mass is 19.4. The van der Waals surface area contributed by atoms with E-state index in [-0.39, 0.29) is 11.9 Å². The lowest BCUT2D eigenvalue weighted by Gasteiger charge is -2.35. The molecule has 0 atom stereocenters. The number of alkyl halides is 3. The number of rotatable bonds is 4. The summed E-state index contributed by atoms with van der Waals surface area (Å²) in [6, 6.07) is 2.35. The molecular weight excluding hydrogens is 262 g/mol. The second-order valence-electron chi connectivity index (χ2n) is 4.78. The molecule has 1 aliphatic rings. The van der Waals surface area contributed by atoms with E-state index >= 15 is 0 Å². The van der Waals surface area contributed by atoms with Crippen molar-refractivity contribution < 1.29 is 22.3 Å². The van der Waals surface area contributed by atoms with E-state index in [1.807, 2.05) is 7.05 Å². The van der Waals surface area contributed by atoms with Crippen LogP contribution in [0.15, 0.2) is 18.2 Å². The molecule has 106 valence electrons. The van der Waals surface area contributed by atoms with Gasteiger partial charge in [0.2, 0.25) is 0 Å². The van der Waals surface area contributed by atoms with Crippen LogP contribution >= 0.6 is 0 Å². The minimum absolute atomic E-state index is 0.107. The summed E-state index contributed by atoms with van der Waals surface area (Å²) in [4.78, 5) is 0. The standard InChI is InChI=1S/C13H15F4NO/c1-18-7-8-4-10(5-8)19-12-3-2-9(6-11(12)14)13(15,16)17/h2-3,6,8,10,18H,4-5,7H2,1H3. The van der Waals surface area contributed by atoms with Gasteiger partial charge in [0.25, 0.3) is 0 Å². The van der Waals surface area contributed by atoms with E-state index in [1.54, 1.807) is 0 Å². The maximum absolute atomic E-state index is 13.5. The van der Waals surface area contributed by atoms with Crippen LogP contribution < -0.4 is 10.1 Å². The molecule has 1 aromatic rings. The average Bonchev–Trinajstić information content (AvgIpc) is 2.27. The minimum atomic E-state index is -4.53. The van der Waals surface area contributed by atoms with Crippen molar-refractivity contribution >= 4 is 0 Å². The normalized spacial score (nSPS) is 23.0. The molecule has 6 heteroatoms. The van der Waals surface area contributed by atoms with Crippen LogP contribution in [0, 0.1) is 11.7 Å². The predicted octanol–water partition coefficient (Wildman–Crippen LogP) is 3.22. The van der Waals surface area contributed by atoms with Crippen molar-refractivity contribution in [3.8, 4) is 5.75 Å². The second kappa shape index (κ2) is 5.36. The van der Waals surface area contributed by atoms with Crippen LogP contribution in [-0.4, -0.2) is 19.7 Å². The molecule has 1 saturated carbocycles. The van der Waals surface area contributed by atoms with E-state index in [0.29, 0.717) is 12.0 Å². The molecule has 0 unspecified atom stereocenters. The molecule has 2 nitrogen and oxygen atoms in total. The van der Waals surface area contributed by atoms with Crippen LogP contribution in [0.2, 0.25) is 0 Å². The highest BCUT2D eigenvalue weighted by Crippen LogP contribution is 2.35. The smallest absolute Gasteiger partial charge is 0.416 e. The van der Waals surface area contributed by atoms with Crippen LogP contribution in [0.4, 0.5) is 17.6 Å². The van der Waals surface area contributed by atoms with Crippen molar-refractivity contribution in [3.63, 3.8) is 0 Å². The van der Waals surface area contributed by atoms with Crippen molar-refractivity contribution in [1.29, 1.82) is 0 Å². The Morgan fingerprint density at radius 2 is 2.00 bits per heavy atom. The van der Waals surface area contributed by atoms with Crippen LogP contribution in [0.1, 0.15) is 18.4 Å². The van der Waals surface area contributed by atoms with E-state index < -0.39 is 17.6 Å². The fourth-order valence-electron chi connectivity index (χ4n) is 2.18. The molecule has 0 aliphatic heterocycles. The lowest BCUT2D eigenvalue weighted by Crippen LogP contribution is -2.38. The Balaban J connectivity index is 1.96. The molecule has 19 heavy (non-hydrogen) atoms. The largest absolute Gasteiger partial charge is 0.487 e. The van der Waals surface area contributed by atoms with Crippen LogP contribution in [0.25, 0.3) is 0 Å². The molecular formula is C13H15F4NO. The average molecular weight is 277 g/mol. The number of ether oxygens (including phenoxy) is 1. The van der Waals surface area contributed by atoms with Crippen molar-refractivity contribution in [2.24, 2.45) is 5.92 Å².